The summed E-state index contributed by atoms with van der Waals surface area (Å²) in [6.07, 6.45) is 1.92. The molecule has 4 nitrogen and oxygen atoms in total. The monoisotopic (exact) mass is 340 g/mol. The summed E-state index contributed by atoms with van der Waals surface area (Å²) in [4.78, 5) is 12.2. The lowest BCUT2D eigenvalue weighted by atomic mass is 10.00. The van der Waals surface area contributed by atoms with Crippen LogP contribution < -0.4 is 15.1 Å². The van der Waals surface area contributed by atoms with Gasteiger partial charge in [-0.25, -0.2) is 4.79 Å². The van der Waals surface area contributed by atoms with Gasteiger partial charge in [0.2, 0.25) is 5.75 Å². The SMILES string of the molecule is O=c1oc2ccccc2c2c1OCC=C2COc1cccc(Cl)c1. The van der Waals surface area contributed by atoms with Gasteiger partial charge in [0.15, 0.2) is 0 Å². The van der Waals surface area contributed by atoms with E-state index in [0.29, 0.717) is 29.6 Å². The maximum atomic E-state index is 12.2. The topological polar surface area (TPSA) is 48.7 Å². The number of hydrogen-bond acceptors (Lipinski definition) is 4. The molecule has 0 radical (unpaired) electrons. The number of benzene rings is 2. The quantitative estimate of drug-likeness (QED) is 0.667. The molecule has 0 fully saturated rings. The molecule has 1 aromatic heterocycles. The molecule has 1 aliphatic heterocycles. The minimum absolute atomic E-state index is 0.237. The lowest BCUT2D eigenvalue weighted by Crippen LogP contribution is -2.17. The molecule has 0 unspecified atom stereocenters. The van der Waals surface area contributed by atoms with Crippen LogP contribution in [-0.2, 0) is 0 Å². The zero-order valence-corrected chi connectivity index (χ0v) is 13.4. The van der Waals surface area contributed by atoms with Crippen molar-refractivity contribution >= 4 is 28.1 Å². The molecule has 0 bridgehead atoms. The molecule has 0 amide bonds. The second-order valence-electron chi connectivity index (χ2n) is 5.38. The number of rotatable bonds is 3. The van der Waals surface area contributed by atoms with Crippen molar-refractivity contribution in [1.29, 1.82) is 0 Å². The molecule has 1 aliphatic rings. The predicted molar refractivity (Wildman–Crippen MR) is 92.9 cm³/mol. The third-order valence-electron chi connectivity index (χ3n) is 3.84. The fourth-order valence-electron chi connectivity index (χ4n) is 2.76. The van der Waals surface area contributed by atoms with E-state index in [0.717, 1.165) is 16.5 Å². The number of fused-ring (bicyclic) bond motifs is 3. The van der Waals surface area contributed by atoms with Gasteiger partial charge >= 0.3 is 5.63 Å². The van der Waals surface area contributed by atoms with Gasteiger partial charge in [0, 0.05) is 21.5 Å². The highest BCUT2D eigenvalue weighted by Crippen LogP contribution is 2.34. The molecule has 0 N–H and O–H groups in total. The van der Waals surface area contributed by atoms with Crippen LogP contribution in [0.15, 0.2) is 63.8 Å². The zero-order chi connectivity index (χ0) is 16.5. The molecule has 0 atom stereocenters. The Hall–Kier alpha value is -2.72. The van der Waals surface area contributed by atoms with Crippen LogP contribution in [0.3, 0.4) is 0 Å². The summed E-state index contributed by atoms with van der Waals surface area (Å²) in [5.74, 6) is 0.907. The summed E-state index contributed by atoms with van der Waals surface area (Å²) in [7, 11) is 0. The van der Waals surface area contributed by atoms with E-state index in [1.165, 1.54) is 0 Å². The minimum atomic E-state index is -0.475. The summed E-state index contributed by atoms with van der Waals surface area (Å²) in [5, 5.41) is 1.44. The van der Waals surface area contributed by atoms with Gasteiger partial charge in [-0.05, 0) is 30.3 Å². The Kier molecular flexibility index (Phi) is 3.75. The molecular weight excluding hydrogens is 328 g/mol. The fourth-order valence-corrected chi connectivity index (χ4v) is 2.94. The average Bonchev–Trinajstić information content (AvgIpc) is 2.60. The highest BCUT2D eigenvalue weighted by molar-refractivity contribution is 6.30. The fraction of sp³-hybridized carbons (Fsp3) is 0.105. The normalized spacial score (nSPS) is 13.1. The zero-order valence-electron chi connectivity index (χ0n) is 12.6. The molecule has 0 saturated heterocycles. The maximum absolute atomic E-state index is 12.2. The smallest absolute Gasteiger partial charge is 0.379 e. The number of para-hydroxylation sites is 1. The third kappa shape index (κ3) is 2.65. The van der Waals surface area contributed by atoms with Crippen LogP contribution in [0.2, 0.25) is 5.02 Å². The van der Waals surface area contributed by atoms with E-state index in [9.17, 15) is 4.79 Å². The van der Waals surface area contributed by atoms with Crippen LogP contribution in [0, 0.1) is 0 Å². The van der Waals surface area contributed by atoms with Gasteiger partial charge in [0.05, 0.1) is 0 Å². The first-order valence-electron chi connectivity index (χ1n) is 7.49. The second-order valence-corrected chi connectivity index (χ2v) is 5.81. The van der Waals surface area contributed by atoms with Crippen LogP contribution in [-0.4, -0.2) is 13.2 Å². The van der Waals surface area contributed by atoms with E-state index in [2.05, 4.69) is 0 Å². The van der Waals surface area contributed by atoms with Crippen molar-refractivity contribution in [3.8, 4) is 11.5 Å². The summed E-state index contributed by atoms with van der Waals surface area (Å²) in [6, 6.07) is 14.6. The summed E-state index contributed by atoms with van der Waals surface area (Å²) >= 11 is 5.98. The van der Waals surface area contributed by atoms with Crippen molar-refractivity contribution in [2.75, 3.05) is 13.2 Å². The van der Waals surface area contributed by atoms with Crippen molar-refractivity contribution in [3.63, 3.8) is 0 Å². The first kappa shape index (κ1) is 14.8. The first-order chi connectivity index (χ1) is 11.7. The molecular formula is C19H13ClO4. The Bertz CT molecular complexity index is 1000. The lowest BCUT2D eigenvalue weighted by Gasteiger charge is -2.19. The van der Waals surface area contributed by atoms with Crippen molar-refractivity contribution in [2.24, 2.45) is 0 Å². The van der Waals surface area contributed by atoms with Crippen LogP contribution in [0.5, 0.6) is 11.5 Å². The average molecular weight is 341 g/mol. The Morgan fingerprint density at radius 1 is 1.12 bits per heavy atom. The molecule has 0 aliphatic carbocycles. The lowest BCUT2D eigenvalue weighted by molar-refractivity contribution is 0.328. The van der Waals surface area contributed by atoms with Gasteiger partial charge in [-0.2, -0.15) is 0 Å². The predicted octanol–water partition coefficient (Wildman–Crippen LogP) is 4.30. The number of hydrogen-bond donors (Lipinski definition) is 0. The van der Waals surface area contributed by atoms with Crippen LogP contribution >= 0.6 is 11.6 Å². The summed E-state index contributed by atoms with van der Waals surface area (Å²) < 4.78 is 16.7. The molecule has 0 saturated carbocycles. The van der Waals surface area contributed by atoms with Gasteiger partial charge < -0.3 is 13.9 Å². The van der Waals surface area contributed by atoms with Gasteiger partial charge in [0.25, 0.3) is 0 Å². The molecule has 120 valence electrons. The standard InChI is InChI=1S/C19H13ClO4/c20-13-4-3-5-14(10-13)23-11-12-8-9-22-18-17(12)15-6-1-2-7-16(15)24-19(18)21/h1-8,10H,9,11H2. The number of ether oxygens (including phenoxy) is 2. The Morgan fingerprint density at radius 2 is 2.00 bits per heavy atom. The van der Waals surface area contributed by atoms with Gasteiger partial charge in [-0.3, -0.25) is 0 Å². The number of halogens is 1. The largest absolute Gasteiger partial charge is 0.489 e. The molecule has 2 aromatic carbocycles. The van der Waals surface area contributed by atoms with Crippen LogP contribution in [0.1, 0.15) is 5.56 Å². The first-order valence-corrected chi connectivity index (χ1v) is 7.86. The van der Waals surface area contributed by atoms with E-state index in [1.54, 1.807) is 18.2 Å². The third-order valence-corrected chi connectivity index (χ3v) is 4.08. The van der Waals surface area contributed by atoms with E-state index in [4.69, 9.17) is 25.5 Å². The van der Waals surface area contributed by atoms with Crippen molar-refractivity contribution in [1.82, 2.24) is 0 Å². The second kappa shape index (κ2) is 6.06. The van der Waals surface area contributed by atoms with Gasteiger partial charge in [0.1, 0.15) is 24.5 Å². The molecule has 5 heteroatoms. The van der Waals surface area contributed by atoms with Crippen molar-refractivity contribution < 1.29 is 13.9 Å². The maximum Gasteiger partial charge on any atom is 0.379 e. The molecule has 4 rings (SSSR count). The van der Waals surface area contributed by atoms with E-state index < -0.39 is 5.63 Å². The van der Waals surface area contributed by atoms with Crippen LogP contribution in [0.25, 0.3) is 16.5 Å². The van der Waals surface area contributed by atoms with E-state index in [1.807, 2.05) is 36.4 Å². The van der Waals surface area contributed by atoms with Gasteiger partial charge in [-0.15, -0.1) is 0 Å². The van der Waals surface area contributed by atoms with E-state index in [-0.39, 0.29) is 5.75 Å². The highest BCUT2D eigenvalue weighted by atomic mass is 35.5. The Labute approximate surface area is 142 Å². The molecule has 24 heavy (non-hydrogen) atoms. The van der Waals surface area contributed by atoms with Crippen molar-refractivity contribution in [3.05, 3.63) is 75.6 Å². The molecule has 0 spiro atoms. The Balaban J connectivity index is 1.74. The van der Waals surface area contributed by atoms with E-state index >= 15 is 0 Å². The molecule has 2 heterocycles. The minimum Gasteiger partial charge on any atom is -0.489 e. The van der Waals surface area contributed by atoms with Crippen molar-refractivity contribution in [2.45, 2.75) is 0 Å². The summed E-state index contributed by atoms with van der Waals surface area (Å²) in [6.45, 7) is 0.620. The Morgan fingerprint density at radius 3 is 2.88 bits per heavy atom. The van der Waals surface area contributed by atoms with Crippen LogP contribution in [0.4, 0.5) is 0 Å². The highest BCUT2D eigenvalue weighted by Gasteiger charge is 2.22. The summed E-state index contributed by atoms with van der Waals surface area (Å²) in [5.41, 5.74) is 1.67. The van der Waals surface area contributed by atoms with Gasteiger partial charge in [-0.1, -0.05) is 35.9 Å². The molecule has 3 aromatic rings.